The summed E-state index contributed by atoms with van der Waals surface area (Å²) in [6, 6.07) is 4.10. The molecule has 4 aliphatic carbocycles. The summed E-state index contributed by atoms with van der Waals surface area (Å²) < 4.78 is 5.46. The van der Waals surface area contributed by atoms with Gasteiger partial charge in [0, 0.05) is 12.1 Å². The quantitative estimate of drug-likeness (QED) is 0.136. The number of rotatable bonds is 10. The van der Waals surface area contributed by atoms with Crippen molar-refractivity contribution in [3.05, 3.63) is 59.2 Å². The Kier molecular flexibility index (Phi) is 6.74. The Morgan fingerprint density at radius 1 is 0.767 bits per heavy atom. The molecule has 2 heterocycles. The van der Waals surface area contributed by atoms with Crippen LogP contribution in [0.4, 0.5) is 0 Å². The first kappa shape index (κ1) is 27.9. The summed E-state index contributed by atoms with van der Waals surface area (Å²) in [4.78, 5) is 82.0. The van der Waals surface area contributed by atoms with E-state index in [1.807, 2.05) is 32.1 Å². The molecule has 0 N–H and O–H groups in total. The van der Waals surface area contributed by atoms with Gasteiger partial charge in [-0.1, -0.05) is 36.4 Å². The molecular formula is C34H36N2O7. The van der Waals surface area contributed by atoms with Gasteiger partial charge in [-0.05, 0) is 86.8 Å². The van der Waals surface area contributed by atoms with E-state index in [-0.39, 0.29) is 77.9 Å². The number of amides is 4. The number of carbonyl (C=O) groups is 6. The molecule has 0 unspecified atom stereocenters. The summed E-state index contributed by atoms with van der Waals surface area (Å²) in [5, 5.41) is 0. The molecule has 1 aromatic carbocycles. The van der Waals surface area contributed by atoms with Crippen molar-refractivity contribution in [3.63, 3.8) is 0 Å². The van der Waals surface area contributed by atoms with E-state index in [2.05, 4.69) is 12.2 Å². The van der Waals surface area contributed by atoms with Gasteiger partial charge in [0.05, 0.1) is 23.7 Å². The minimum atomic E-state index is -1.16. The zero-order chi connectivity index (χ0) is 30.2. The van der Waals surface area contributed by atoms with Crippen LogP contribution in [0.2, 0.25) is 0 Å². The van der Waals surface area contributed by atoms with Crippen LogP contribution in [0.5, 0.6) is 0 Å². The van der Waals surface area contributed by atoms with Crippen molar-refractivity contribution >= 4 is 35.4 Å². The van der Waals surface area contributed by atoms with Gasteiger partial charge in [-0.15, -0.1) is 0 Å². The van der Waals surface area contributed by atoms with Crippen molar-refractivity contribution in [3.8, 4) is 0 Å². The highest BCUT2D eigenvalue weighted by molar-refractivity contribution is 6.09. The maximum absolute atomic E-state index is 13.6. The summed E-state index contributed by atoms with van der Waals surface area (Å²) in [7, 11) is 0. The molecule has 9 atom stereocenters. The number of unbranched alkanes of at least 4 members (excludes halogenated alkanes) is 1. The van der Waals surface area contributed by atoms with Crippen molar-refractivity contribution < 1.29 is 33.5 Å². The number of likely N-dealkylation sites (tertiary alicyclic amines) is 2. The van der Waals surface area contributed by atoms with Crippen LogP contribution in [0.1, 0.15) is 53.6 Å². The third kappa shape index (κ3) is 4.33. The van der Waals surface area contributed by atoms with Crippen LogP contribution in [0.15, 0.2) is 42.5 Å². The number of benzene rings is 1. The fourth-order valence-corrected chi connectivity index (χ4v) is 8.61. The Morgan fingerprint density at radius 3 is 1.84 bits per heavy atom. The third-order valence-electron chi connectivity index (χ3n) is 10.9. The van der Waals surface area contributed by atoms with E-state index in [0.29, 0.717) is 18.4 Å². The second-order valence-corrected chi connectivity index (χ2v) is 13.2. The molecule has 6 aliphatic rings. The fourth-order valence-electron chi connectivity index (χ4n) is 8.61. The lowest BCUT2D eigenvalue weighted by atomic mass is 9.85. The minimum Gasteiger partial charge on any atom is -0.456 e. The molecule has 9 nitrogen and oxygen atoms in total. The highest BCUT2D eigenvalue weighted by Gasteiger charge is 2.61. The average molecular weight is 585 g/mol. The number of ether oxygens (including phenoxy) is 1. The normalized spacial score (nSPS) is 33.6. The van der Waals surface area contributed by atoms with Gasteiger partial charge < -0.3 is 4.74 Å². The molecule has 0 spiro atoms. The summed E-state index contributed by atoms with van der Waals surface area (Å²) in [5.74, 6) is -3.27. The molecule has 4 fully saturated rings. The number of carbonyl (C=O) groups excluding carboxylic acids is 6. The number of hydrogen-bond acceptors (Lipinski definition) is 7. The van der Waals surface area contributed by atoms with E-state index < -0.39 is 30.5 Å². The SMILES string of the molecule is Cc1ccc(C(=O)COC(=O)[C@H](CCCCN2C(=O)[C@@H]3[C@H](C2=O)[C@H]2C=C[C@H]3C2)N2C(=O)[C@H]3[C@H](C2=O)[C@H]2C=C[C@H]3C2)cc1C. The molecule has 224 valence electrons. The molecule has 7 rings (SSSR count). The van der Waals surface area contributed by atoms with E-state index in [1.165, 1.54) is 4.90 Å². The molecule has 2 aliphatic heterocycles. The van der Waals surface area contributed by atoms with Crippen LogP contribution in [0.3, 0.4) is 0 Å². The Balaban J connectivity index is 1.02. The second kappa shape index (κ2) is 10.4. The maximum atomic E-state index is 13.6. The van der Waals surface area contributed by atoms with E-state index in [4.69, 9.17) is 4.74 Å². The minimum absolute atomic E-state index is 0.00380. The maximum Gasteiger partial charge on any atom is 0.329 e. The number of allylic oxidation sites excluding steroid dienone is 4. The van der Waals surface area contributed by atoms with Gasteiger partial charge in [0.1, 0.15) is 6.04 Å². The van der Waals surface area contributed by atoms with Gasteiger partial charge in [-0.2, -0.15) is 0 Å². The monoisotopic (exact) mass is 584 g/mol. The third-order valence-corrected chi connectivity index (χ3v) is 10.9. The predicted molar refractivity (Wildman–Crippen MR) is 153 cm³/mol. The van der Waals surface area contributed by atoms with Crippen LogP contribution >= 0.6 is 0 Å². The van der Waals surface area contributed by atoms with Crippen molar-refractivity contribution in [2.45, 2.75) is 52.0 Å². The fraction of sp³-hybridized carbons (Fsp3) is 0.529. The number of Topliss-reactive ketones (excluding diaryl/α,β-unsaturated/α-hetero) is 1. The predicted octanol–water partition coefficient (Wildman–Crippen LogP) is 3.18. The number of ketones is 1. The Morgan fingerprint density at radius 2 is 1.30 bits per heavy atom. The summed E-state index contributed by atoms with van der Waals surface area (Å²) in [5.41, 5.74) is 2.41. The number of imide groups is 2. The number of hydrogen-bond donors (Lipinski definition) is 0. The Bertz CT molecular complexity index is 1450. The largest absolute Gasteiger partial charge is 0.456 e. The summed E-state index contributed by atoms with van der Waals surface area (Å²) in [6.45, 7) is 3.58. The molecular weight excluding hydrogens is 548 g/mol. The van der Waals surface area contributed by atoms with Crippen LogP contribution in [0.25, 0.3) is 0 Å². The molecule has 43 heavy (non-hydrogen) atoms. The number of fused-ring (bicyclic) bond motifs is 10. The highest BCUT2D eigenvalue weighted by atomic mass is 16.5. The summed E-state index contributed by atoms with van der Waals surface area (Å²) >= 11 is 0. The van der Waals surface area contributed by atoms with Crippen LogP contribution in [-0.4, -0.2) is 64.4 Å². The first-order valence-electron chi connectivity index (χ1n) is 15.5. The standard InChI is InChI=1S/C34H36N2O7/c1-17-6-7-19(13-18(17)2)25(37)16-43-34(42)24(36-32(40)28-22-10-11-23(15-22)29(28)33(36)41)5-3-4-12-35-30(38)26-20-8-9-21(14-20)27(26)31(35)39/h6-11,13,20-24,26-29H,3-5,12,14-16H2,1-2H3/t20-,21-,22-,23-,24-,26-,27+,28+,29+/m0/s1. The molecule has 0 aromatic heterocycles. The first-order chi connectivity index (χ1) is 20.7. The second-order valence-electron chi connectivity index (χ2n) is 13.2. The van der Waals surface area contributed by atoms with Gasteiger partial charge in [0.25, 0.3) is 0 Å². The van der Waals surface area contributed by atoms with Crippen LogP contribution < -0.4 is 0 Å². The van der Waals surface area contributed by atoms with Gasteiger partial charge in [0.15, 0.2) is 12.4 Å². The Hall–Kier alpha value is -3.88. The average Bonchev–Trinajstić information content (AvgIpc) is 3.84. The molecule has 2 saturated carbocycles. The van der Waals surface area contributed by atoms with Crippen molar-refractivity contribution in [2.24, 2.45) is 47.3 Å². The van der Waals surface area contributed by atoms with Crippen LogP contribution in [-0.2, 0) is 28.7 Å². The van der Waals surface area contributed by atoms with Crippen molar-refractivity contribution in [2.75, 3.05) is 13.2 Å². The van der Waals surface area contributed by atoms with Crippen molar-refractivity contribution in [1.29, 1.82) is 0 Å². The lowest BCUT2D eigenvalue weighted by molar-refractivity contribution is -0.159. The molecule has 4 bridgehead atoms. The lowest BCUT2D eigenvalue weighted by Crippen LogP contribution is -2.47. The molecule has 1 aromatic rings. The van der Waals surface area contributed by atoms with E-state index in [9.17, 15) is 28.8 Å². The van der Waals surface area contributed by atoms with Crippen molar-refractivity contribution in [1.82, 2.24) is 9.80 Å². The van der Waals surface area contributed by atoms with Gasteiger partial charge >= 0.3 is 5.97 Å². The number of esters is 1. The lowest BCUT2D eigenvalue weighted by Gasteiger charge is -2.26. The Labute approximate surface area is 250 Å². The van der Waals surface area contributed by atoms with E-state index >= 15 is 0 Å². The van der Waals surface area contributed by atoms with Gasteiger partial charge in [0.2, 0.25) is 23.6 Å². The summed E-state index contributed by atoms with van der Waals surface area (Å²) in [6.07, 6.45) is 10.7. The molecule has 0 radical (unpaired) electrons. The molecule has 9 heteroatoms. The smallest absolute Gasteiger partial charge is 0.329 e. The number of nitrogens with zero attached hydrogens (tertiary/aromatic N) is 2. The number of aryl methyl sites for hydroxylation is 2. The first-order valence-corrected chi connectivity index (χ1v) is 15.5. The van der Waals surface area contributed by atoms with E-state index in [1.54, 1.807) is 12.1 Å². The zero-order valence-electron chi connectivity index (χ0n) is 24.4. The van der Waals surface area contributed by atoms with Gasteiger partial charge in [-0.25, -0.2) is 4.79 Å². The molecule has 4 amide bonds. The highest BCUT2D eigenvalue weighted by Crippen LogP contribution is 2.54. The zero-order valence-corrected chi connectivity index (χ0v) is 24.4. The van der Waals surface area contributed by atoms with Gasteiger partial charge in [-0.3, -0.25) is 33.8 Å². The topological polar surface area (TPSA) is 118 Å². The molecule has 2 saturated heterocycles. The van der Waals surface area contributed by atoms with E-state index in [0.717, 1.165) is 28.9 Å². The van der Waals surface area contributed by atoms with Crippen LogP contribution in [0, 0.1) is 61.2 Å².